The fraction of sp³-hybridized carbons (Fsp3) is 0.294. The molecule has 0 unspecified atom stereocenters. The average molecular weight is 253 g/mol. The van der Waals surface area contributed by atoms with Gasteiger partial charge in [-0.15, -0.1) is 0 Å². The van der Waals surface area contributed by atoms with Gasteiger partial charge in [0.2, 0.25) is 0 Å². The van der Waals surface area contributed by atoms with E-state index in [4.69, 9.17) is 4.74 Å². The van der Waals surface area contributed by atoms with Crippen molar-refractivity contribution in [3.8, 4) is 5.75 Å². The van der Waals surface area contributed by atoms with E-state index >= 15 is 0 Å². The van der Waals surface area contributed by atoms with E-state index in [0.29, 0.717) is 6.61 Å². The molecule has 2 heteroatoms. The topological polar surface area (TPSA) is 21.3 Å². The Hall–Kier alpha value is -1.80. The highest BCUT2D eigenvalue weighted by molar-refractivity contribution is 5.34. The Morgan fingerprint density at radius 2 is 2.05 bits per heavy atom. The molecule has 2 aromatic carbocycles. The van der Waals surface area contributed by atoms with Crippen LogP contribution >= 0.6 is 0 Å². The number of ether oxygens (including phenoxy) is 1. The molecule has 2 aromatic rings. The van der Waals surface area contributed by atoms with Gasteiger partial charge in [0.15, 0.2) is 0 Å². The predicted octanol–water partition coefficient (Wildman–Crippen LogP) is 3.22. The van der Waals surface area contributed by atoms with Crippen LogP contribution in [0.1, 0.15) is 22.3 Å². The van der Waals surface area contributed by atoms with E-state index < -0.39 is 0 Å². The second-order valence-corrected chi connectivity index (χ2v) is 5.14. The Labute approximate surface area is 114 Å². The molecule has 0 spiro atoms. The van der Waals surface area contributed by atoms with Crippen molar-refractivity contribution >= 4 is 0 Å². The van der Waals surface area contributed by atoms with E-state index in [9.17, 15) is 0 Å². The molecule has 0 fully saturated rings. The first-order valence-corrected chi connectivity index (χ1v) is 6.82. The highest BCUT2D eigenvalue weighted by Gasteiger charge is 2.08. The van der Waals surface area contributed by atoms with E-state index in [1.807, 2.05) is 12.1 Å². The second-order valence-electron chi connectivity index (χ2n) is 5.14. The molecule has 0 bridgehead atoms. The van der Waals surface area contributed by atoms with E-state index in [1.54, 1.807) is 0 Å². The Bertz CT molecular complexity index is 577. The van der Waals surface area contributed by atoms with Crippen LogP contribution in [-0.2, 0) is 19.6 Å². The van der Waals surface area contributed by atoms with Crippen molar-refractivity contribution in [2.24, 2.45) is 0 Å². The van der Waals surface area contributed by atoms with Crippen LogP contribution < -0.4 is 10.1 Å². The molecule has 0 radical (unpaired) electrons. The lowest BCUT2D eigenvalue weighted by Gasteiger charge is -2.18. The molecule has 0 atom stereocenters. The number of benzene rings is 2. The molecule has 98 valence electrons. The normalized spacial score (nSPS) is 13.9. The van der Waals surface area contributed by atoms with Gasteiger partial charge < -0.3 is 10.1 Å². The van der Waals surface area contributed by atoms with Gasteiger partial charge in [0.05, 0.1) is 0 Å². The molecule has 1 aliphatic rings. The molecule has 1 N–H and O–H groups in total. The summed E-state index contributed by atoms with van der Waals surface area (Å²) in [5.74, 6) is 0.944. The summed E-state index contributed by atoms with van der Waals surface area (Å²) in [5, 5.41) is 3.39. The fourth-order valence-corrected chi connectivity index (χ4v) is 2.49. The fourth-order valence-electron chi connectivity index (χ4n) is 2.49. The van der Waals surface area contributed by atoms with Crippen molar-refractivity contribution in [3.63, 3.8) is 0 Å². The molecule has 3 rings (SSSR count). The summed E-state index contributed by atoms with van der Waals surface area (Å²) >= 11 is 0. The van der Waals surface area contributed by atoms with Crippen LogP contribution in [0.3, 0.4) is 0 Å². The van der Waals surface area contributed by atoms with E-state index in [2.05, 4.69) is 42.6 Å². The summed E-state index contributed by atoms with van der Waals surface area (Å²) < 4.78 is 5.85. The maximum atomic E-state index is 5.85. The number of fused-ring (bicyclic) bond motifs is 1. The van der Waals surface area contributed by atoms with Gasteiger partial charge in [0, 0.05) is 6.54 Å². The molecule has 2 nitrogen and oxygen atoms in total. The highest BCUT2D eigenvalue weighted by atomic mass is 16.5. The van der Waals surface area contributed by atoms with Gasteiger partial charge in [-0.3, -0.25) is 0 Å². The summed E-state index contributed by atoms with van der Waals surface area (Å²) in [7, 11) is 0. The van der Waals surface area contributed by atoms with Crippen LogP contribution in [-0.4, -0.2) is 6.54 Å². The zero-order chi connectivity index (χ0) is 13.1. The van der Waals surface area contributed by atoms with Gasteiger partial charge >= 0.3 is 0 Å². The largest absolute Gasteiger partial charge is 0.489 e. The molecule has 1 heterocycles. The summed E-state index contributed by atoms with van der Waals surface area (Å²) in [6, 6.07) is 14.9. The summed E-state index contributed by atoms with van der Waals surface area (Å²) in [6.45, 7) is 4.80. The van der Waals surface area contributed by atoms with Crippen molar-refractivity contribution in [1.82, 2.24) is 5.32 Å². The molecule has 0 saturated carbocycles. The molecule has 0 aliphatic carbocycles. The van der Waals surface area contributed by atoms with E-state index in [-0.39, 0.29) is 0 Å². The Balaban J connectivity index is 1.70. The quantitative estimate of drug-likeness (QED) is 0.907. The first-order valence-electron chi connectivity index (χ1n) is 6.82. The summed E-state index contributed by atoms with van der Waals surface area (Å²) in [6.07, 6.45) is 1.12. The van der Waals surface area contributed by atoms with Gasteiger partial charge in [-0.05, 0) is 54.3 Å². The Kier molecular flexibility index (Phi) is 3.51. The molecule has 0 saturated heterocycles. The molecule has 19 heavy (non-hydrogen) atoms. The van der Waals surface area contributed by atoms with Crippen LogP contribution in [0.2, 0.25) is 0 Å². The van der Waals surface area contributed by atoms with Crippen LogP contribution in [0.4, 0.5) is 0 Å². The smallest absolute Gasteiger partial charge is 0.120 e. The number of rotatable bonds is 3. The average Bonchev–Trinajstić information content (AvgIpc) is 2.45. The van der Waals surface area contributed by atoms with Crippen LogP contribution in [0.15, 0.2) is 42.5 Å². The third kappa shape index (κ3) is 2.96. The minimum absolute atomic E-state index is 0.643. The summed E-state index contributed by atoms with van der Waals surface area (Å²) in [4.78, 5) is 0. The van der Waals surface area contributed by atoms with Crippen molar-refractivity contribution in [2.45, 2.75) is 26.5 Å². The van der Waals surface area contributed by atoms with Gasteiger partial charge in [-0.1, -0.05) is 30.3 Å². The molecule has 0 amide bonds. The third-order valence-corrected chi connectivity index (χ3v) is 3.55. The third-order valence-electron chi connectivity index (χ3n) is 3.55. The first-order chi connectivity index (χ1) is 9.31. The maximum absolute atomic E-state index is 5.85. The van der Waals surface area contributed by atoms with Crippen LogP contribution in [0, 0.1) is 6.92 Å². The number of nitrogens with one attached hydrogen (secondary N) is 1. The minimum Gasteiger partial charge on any atom is -0.489 e. The van der Waals surface area contributed by atoms with Crippen LogP contribution in [0.5, 0.6) is 5.75 Å². The van der Waals surface area contributed by atoms with Crippen molar-refractivity contribution < 1.29 is 4.74 Å². The lowest BCUT2D eigenvalue weighted by molar-refractivity contribution is 0.306. The lowest BCUT2D eigenvalue weighted by Crippen LogP contribution is -2.23. The second kappa shape index (κ2) is 5.45. The van der Waals surface area contributed by atoms with Crippen molar-refractivity contribution in [1.29, 1.82) is 0 Å². The number of hydrogen-bond donors (Lipinski definition) is 1. The molecular formula is C17H19NO. The van der Waals surface area contributed by atoms with E-state index in [1.165, 1.54) is 22.3 Å². The standard InChI is InChI=1S/C17H19NO/c1-13-3-2-4-17(9-13)19-12-14-5-6-16-11-18-8-7-15(16)10-14/h2-6,9-10,18H,7-8,11-12H2,1H3. The van der Waals surface area contributed by atoms with Gasteiger partial charge in [0.1, 0.15) is 12.4 Å². The number of hydrogen-bond acceptors (Lipinski definition) is 2. The molecular weight excluding hydrogens is 234 g/mol. The molecule has 0 aromatic heterocycles. The Morgan fingerprint density at radius 3 is 2.95 bits per heavy atom. The first kappa shape index (κ1) is 12.2. The van der Waals surface area contributed by atoms with Crippen molar-refractivity contribution in [2.75, 3.05) is 6.54 Å². The van der Waals surface area contributed by atoms with Gasteiger partial charge in [-0.2, -0.15) is 0 Å². The molecule has 1 aliphatic heterocycles. The summed E-state index contributed by atoms with van der Waals surface area (Å²) in [5.41, 5.74) is 5.37. The lowest BCUT2D eigenvalue weighted by atomic mass is 9.99. The maximum Gasteiger partial charge on any atom is 0.120 e. The highest BCUT2D eigenvalue weighted by Crippen LogP contribution is 2.18. The number of aryl methyl sites for hydroxylation is 1. The van der Waals surface area contributed by atoms with Gasteiger partial charge in [0.25, 0.3) is 0 Å². The van der Waals surface area contributed by atoms with E-state index in [0.717, 1.165) is 25.3 Å². The minimum atomic E-state index is 0.643. The zero-order valence-electron chi connectivity index (χ0n) is 11.3. The van der Waals surface area contributed by atoms with Crippen LogP contribution in [0.25, 0.3) is 0 Å². The zero-order valence-corrected chi connectivity index (χ0v) is 11.3. The SMILES string of the molecule is Cc1cccc(OCc2ccc3c(c2)CCNC3)c1. The Morgan fingerprint density at radius 1 is 1.11 bits per heavy atom. The monoisotopic (exact) mass is 253 g/mol. The predicted molar refractivity (Wildman–Crippen MR) is 77.4 cm³/mol. The van der Waals surface area contributed by atoms with Crippen molar-refractivity contribution in [3.05, 3.63) is 64.7 Å². The van der Waals surface area contributed by atoms with Gasteiger partial charge in [-0.25, -0.2) is 0 Å².